The molecule has 0 bridgehead atoms. The van der Waals surface area contributed by atoms with Gasteiger partial charge in [-0.05, 0) is 52.4 Å². The van der Waals surface area contributed by atoms with Gasteiger partial charge >= 0.3 is 12.1 Å². The van der Waals surface area contributed by atoms with Crippen LogP contribution in [-0.4, -0.2) is 43.0 Å². The summed E-state index contributed by atoms with van der Waals surface area (Å²) < 4.78 is 16.0. The van der Waals surface area contributed by atoms with Gasteiger partial charge in [-0.2, -0.15) is 0 Å². The van der Waals surface area contributed by atoms with Crippen LogP contribution < -0.4 is 5.32 Å². The summed E-state index contributed by atoms with van der Waals surface area (Å²) in [6.45, 7) is 5.49. The van der Waals surface area contributed by atoms with Crippen molar-refractivity contribution in [2.24, 2.45) is 5.92 Å². The molecule has 0 aromatic rings. The van der Waals surface area contributed by atoms with Crippen LogP contribution in [0.2, 0.25) is 0 Å². The Kier molecular flexibility index (Phi) is 6.27. The van der Waals surface area contributed by atoms with Crippen molar-refractivity contribution >= 4 is 12.1 Å². The summed E-state index contributed by atoms with van der Waals surface area (Å²) in [5.74, 6) is 0.356. The van der Waals surface area contributed by atoms with Crippen molar-refractivity contribution in [2.75, 3.05) is 7.11 Å². The second-order valence-electron chi connectivity index (χ2n) is 7.61. The van der Waals surface area contributed by atoms with Gasteiger partial charge in [-0.15, -0.1) is 0 Å². The van der Waals surface area contributed by atoms with Crippen LogP contribution in [0.25, 0.3) is 0 Å². The van der Waals surface area contributed by atoms with Crippen molar-refractivity contribution in [3.05, 3.63) is 12.2 Å². The maximum atomic E-state index is 12.0. The maximum Gasteiger partial charge on any atom is 0.407 e. The molecule has 0 aromatic heterocycles. The van der Waals surface area contributed by atoms with Gasteiger partial charge in [-0.3, -0.25) is 4.79 Å². The molecular formula is C18H29NO5. The van der Waals surface area contributed by atoms with Gasteiger partial charge in [-0.25, -0.2) is 4.79 Å². The van der Waals surface area contributed by atoms with E-state index >= 15 is 0 Å². The third-order valence-electron chi connectivity index (χ3n) is 3.99. The van der Waals surface area contributed by atoms with Crippen LogP contribution in [0.15, 0.2) is 12.2 Å². The zero-order valence-corrected chi connectivity index (χ0v) is 15.0. The van der Waals surface area contributed by atoms with Crippen molar-refractivity contribution < 1.29 is 23.8 Å². The monoisotopic (exact) mass is 339 g/mol. The number of alkyl carbamates (subject to hydrolysis) is 1. The molecule has 1 saturated heterocycles. The molecule has 1 N–H and O–H groups in total. The summed E-state index contributed by atoms with van der Waals surface area (Å²) in [7, 11) is 1.37. The third-order valence-corrected chi connectivity index (χ3v) is 3.99. The number of hydrogen-bond donors (Lipinski definition) is 1. The van der Waals surface area contributed by atoms with Crippen molar-refractivity contribution in [1.82, 2.24) is 5.32 Å². The fourth-order valence-electron chi connectivity index (χ4n) is 2.74. The Labute approximate surface area is 143 Å². The maximum absolute atomic E-state index is 12.0. The van der Waals surface area contributed by atoms with E-state index in [0.29, 0.717) is 18.8 Å². The van der Waals surface area contributed by atoms with Gasteiger partial charge in [0.2, 0.25) is 0 Å². The molecule has 136 valence electrons. The van der Waals surface area contributed by atoms with Gasteiger partial charge in [0.25, 0.3) is 0 Å². The lowest BCUT2D eigenvalue weighted by molar-refractivity contribution is -0.146. The van der Waals surface area contributed by atoms with E-state index < -0.39 is 11.7 Å². The minimum atomic E-state index is -0.536. The fourth-order valence-corrected chi connectivity index (χ4v) is 2.74. The van der Waals surface area contributed by atoms with Crippen LogP contribution in [0, 0.1) is 5.92 Å². The van der Waals surface area contributed by atoms with Crippen LogP contribution in [0.1, 0.15) is 52.9 Å². The highest BCUT2D eigenvalue weighted by Gasteiger charge is 2.32. The zero-order valence-electron chi connectivity index (χ0n) is 15.0. The van der Waals surface area contributed by atoms with Crippen LogP contribution in [0.3, 0.4) is 0 Å². The average molecular weight is 339 g/mol. The van der Waals surface area contributed by atoms with Gasteiger partial charge < -0.3 is 19.5 Å². The first-order valence-electron chi connectivity index (χ1n) is 8.65. The Morgan fingerprint density at radius 2 is 1.92 bits per heavy atom. The van der Waals surface area contributed by atoms with E-state index in [1.54, 1.807) is 0 Å². The van der Waals surface area contributed by atoms with Crippen LogP contribution >= 0.6 is 0 Å². The molecule has 2 aliphatic rings. The molecule has 1 saturated carbocycles. The molecule has 3 atom stereocenters. The predicted octanol–water partition coefficient (Wildman–Crippen LogP) is 2.96. The molecule has 6 heteroatoms. The first-order chi connectivity index (χ1) is 11.2. The average Bonchev–Trinajstić information content (AvgIpc) is 3.26. The van der Waals surface area contributed by atoms with Crippen LogP contribution in [0.5, 0.6) is 0 Å². The molecular weight excluding hydrogens is 310 g/mol. The lowest BCUT2D eigenvalue weighted by Gasteiger charge is -2.34. The standard InChI is InChI=1S/C18H29NO5/c1-18(2,3)24-17(21)19-13-9-14(8-7-12-5-6-12)23-15(10-13)11-16(20)22-4/h7-8,12-15H,5-6,9-11H2,1-4H3,(H,19,21)/b8-7+. The second-order valence-corrected chi connectivity index (χ2v) is 7.61. The molecule has 1 heterocycles. The number of esters is 1. The Morgan fingerprint density at radius 1 is 1.21 bits per heavy atom. The number of ether oxygens (including phenoxy) is 3. The first kappa shape index (κ1) is 18.8. The number of amides is 1. The highest BCUT2D eigenvalue weighted by molar-refractivity contribution is 5.70. The van der Waals surface area contributed by atoms with E-state index in [1.807, 2.05) is 20.8 Å². The van der Waals surface area contributed by atoms with E-state index in [2.05, 4.69) is 17.5 Å². The highest BCUT2D eigenvalue weighted by Crippen LogP contribution is 2.31. The minimum Gasteiger partial charge on any atom is -0.469 e. The van der Waals surface area contributed by atoms with Gasteiger partial charge in [-0.1, -0.05) is 12.2 Å². The van der Waals surface area contributed by atoms with Crippen molar-refractivity contribution in [3.8, 4) is 0 Å². The van der Waals surface area contributed by atoms with Crippen molar-refractivity contribution in [1.29, 1.82) is 0 Å². The molecule has 2 rings (SSSR count). The molecule has 0 aromatic carbocycles. The van der Waals surface area contributed by atoms with Crippen molar-refractivity contribution in [2.45, 2.75) is 76.7 Å². The van der Waals surface area contributed by atoms with Gasteiger partial charge in [0.15, 0.2) is 0 Å². The smallest absolute Gasteiger partial charge is 0.407 e. The Morgan fingerprint density at radius 3 is 2.50 bits per heavy atom. The van der Waals surface area contributed by atoms with E-state index in [-0.39, 0.29) is 30.6 Å². The molecule has 24 heavy (non-hydrogen) atoms. The predicted molar refractivity (Wildman–Crippen MR) is 89.5 cm³/mol. The Balaban J connectivity index is 1.94. The molecule has 0 spiro atoms. The van der Waals surface area contributed by atoms with E-state index in [4.69, 9.17) is 14.2 Å². The lowest BCUT2D eigenvalue weighted by Crippen LogP contribution is -2.47. The summed E-state index contributed by atoms with van der Waals surface area (Å²) in [5, 5.41) is 2.90. The number of allylic oxidation sites excluding steroid dienone is 1. The molecule has 6 nitrogen and oxygen atoms in total. The summed E-state index contributed by atoms with van der Waals surface area (Å²) >= 11 is 0. The number of nitrogens with one attached hydrogen (secondary N) is 1. The molecule has 2 fully saturated rings. The minimum absolute atomic E-state index is 0.0860. The zero-order chi connectivity index (χ0) is 17.7. The number of carbonyl (C=O) groups excluding carboxylic acids is 2. The molecule has 1 aliphatic carbocycles. The molecule has 0 radical (unpaired) electrons. The molecule has 1 aliphatic heterocycles. The Hall–Kier alpha value is -1.56. The van der Waals surface area contributed by atoms with Crippen molar-refractivity contribution in [3.63, 3.8) is 0 Å². The summed E-state index contributed by atoms with van der Waals surface area (Å²) in [6, 6.07) is -0.0860. The van der Waals surface area contributed by atoms with Gasteiger partial charge in [0.05, 0.1) is 25.7 Å². The highest BCUT2D eigenvalue weighted by atomic mass is 16.6. The number of rotatable bonds is 5. The topological polar surface area (TPSA) is 73.9 Å². The van der Waals surface area contributed by atoms with E-state index in [9.17, 15) is 9.59 Å². The lowest BCUT2D eigenvalue weighted by atomic mass is 9.96. The van der Waals surface area contributed by atoms with E-state index in [1.165, 1.54) is 20.0 Å². The van der Waals surface area contributed by atoms with Crippen LogP contribution in [-0.2, 0) is 19.0 Å². The van der Waals surface area contributed by atoms with Gasteiger partial charge in [0.1, 0.15) is 5.60 Å². The summed E-state index contributed by atoms with van der Waals surface area (Å²) in [4.78, 5) is 23.6. The number of carbonyl (C=O) groups is 2. The first-order valence-corrected chi connectivity index (χ1v) is 8.65. The number of hydrogen-bond acceptors (Lipinski definition) is 5. The molecule has 3 unspecified atom stereocenters. The van der Waals surface area contributed by atoms with Crippen LogP contribution in [0.4, 0.5) is 4.79 Å². The fraction of sp³-hybridized carbons (Fsp3) is 0.778. The summed E-state index contributed by atoms with van der Waals surface area (Å²) in [6.07, 6.45) is 7.34. The SMILES string of the molecule is COC(=O)CC1CC(NC(=O)OC(C)(C)C)CC(/C=C/C2CC2)O1. The number of methoxy groups -OCH3 is 1. The molecule has 1 amide bonds. The van der Waals surface area contributed by atoms with E-state index in [0.717, 1.165) is 0 Å². The Bertz CT molecular complexity index is 478. The second kappa shape index (κ2) is 8.01. The largest absolute Gasteiger partial charge is 0.469 e. The quantitative estimate of drug-likeness (QED) is 0.616. The third kappa shape index (κ3) is 6.91. The normalized spacial score (nSPS) is 27.8. The summed E-state index contributed by atoms with van der Waals surface area (Å²) in [5.41, 5.74) is -0.536. The van der Waals surface area contributed by atoms with Gasteiger partial charge in [0, 0.05) is 6.04 Å².